The zero-order chi connectivity index (χ0) is 25.0. The summed E-state index contributed by atoms with van der Waals surface area (Å²) in [5.74, 6) is -0.860. The van der Waals surface area contributed by atoms with Crippen LogP contribution in [0.2, 0.25) is 0 Å². The van der Waals surface area contributed by atoms with Crippen LogP contribution in [0.1, 0.15) is 44.8 Å². The first kappa shape index (κ1) is 23.7. The molecular weight excluding hydrogens is 468 g/mol. The van der Waals surface area contributed by atoms with Gasteiger partial charge in [-0.1, -0.05) is 29.8 Å². The van der Waals surface area contributed by atoms with Crippen molar-refractivity contribution >= 4 is 21.7 Å². The molecule has 186 valence electrons. The summed E-state index contributed by atoms with van der Waals surface area (Å²) in [6.07, 6.45) is 1.12. The van der Waals surface area contributed by atoms with Gasteiger partial charge in [-0.15, -0.1) is 0 Å². The lowest BCUT2D eigenvalue weighted by Gasteiger charge is -2.39. The van der Waals surface area contributed by atoms with Crippen molar-refractivity contribution in [1.29, 1.82) is 0 Å². The second-order valence-corrected chi connectivity index (χ2v) is 12.7. The molecule has 9 nitrogen and oxygen atoms in total. The fourth-order valence-corrected chi connectivity index (χ4v) is 7.61. The minimum atomic E-state index is -3.34. The van der Waals surface area contributed by atoms with Gasteiger partial charge in [-0.3, -0.25) is 14.4 Å². The zero-order valence-corrected chi connectivity index (χ0v) is 20.8. The molecule has 0 atom stereocenters. The zero-order valence-electron chi connectivity index (χ0n) is 20.0. The van der Waals surface area contributed by atoms with Crippen molar-refractivity contribution in [3.05, 3.63) is 69.1 Å². The van der Waals surface area contributed by atoms with Crippen LogP contribution >= 0.6 is 0 Å². The number of fused-ring (bicyclic) bond motifs is 1. The highest BCUT2D eigenvalue weighted by Crippen LogP contribution is 2.47. The maximum absolute atomic E-state index is 13.2. The smallest absolute Gasteiger partial charge is 0.270 e. The highest BCUT2D eigenvalue weighted by molar-refractivity contribution is 7.93. The molecule has 0 spiro atoms. The van der Waals surface area contributed by atoms with Gasteiger partial charge in [0.05, 0.1) is 10.00 Å². The lowest BCUT2D eigenvalue weighted by molar-refractivity contribution is 0.0694. The third-order valence-electron chi connectivity index (χ3n) is 7.45. The number of aromatic nitrogens is 1. The Bertz CT molecular complexity index is 1340. The lowest BCUT2D eigenvalue weighted by Crippen LogP contribution is -2.58. The molecule has 3 aliphatic rings. The van der Waals surface area contributed by atoms with Crippen molar-refractivity contribution in [2.24, 2.45) is 0 Å². The van der Waals surface area contributed by atoms with E-state index in [1.165, 1.54) is 16.7 Å². The number of aryl methyl sites for hydroxylation is 1. The Morgan fingerprint density at radius 3 is 2.37 bits per heavy atom. The molecule has 0 bridgehead atoms. The predicted octanol–water partition coefficient (Wildman–Crippen LogP) is 0.804. The van der Waals surface area contributed by atoms with E-state index in [9.17, 15) is 22.8 Å². The topological polar surface area (TPSA) is 109 Å². The van der Waals surface area contributed by atoms with Gasteiger partial charge >= 0.3 is 0 Å². The highest BCUT2D eigenvalue weighted by atomic mass is 32.2. The fraction of sp³-hybridized carbons (Fsp3) is 0.480. The Balaban J connectivity index is 1.29. The number of nitrogens with one attached hydrogen (secondary N) is 1. The van der Waals surface area contributed by atoms with E-state index in [2.05, 4.69) is 5.32 Å². The number of carbonyl (C=O) groups excluding carboxylic acids is 2. The molecule has 10 heteroatoms. The number of amides is 2. The average Bonchev–Trinajstić information content (AvgIpc) is 3.60. The van der Waals surface area contributed by atoms with Gasteiger partial charge < -0.3 is 19.7 Å². The van der Waals surface area contributed by atoms with Crippen LogP contribution in [0.3, 0.4) is 0 Å². The summed E-state index contributed by atoms with van der Waals surface area (Å²) >= 11 is 0. The SMILES string of the molecule is Cc1ccc(CNC(=O)c2ccc3n(c2=O)CCN(CC2(S(=O)(=O)C4CN(C)C4)CC2)C3=O)cc1. The summed E-state index contributed by atoms with van der Waals surface area (Å²) in [4.78, 5) is 42.4. The number of hydrogen-bond acceptors (Lipinski definition) is 6. The monoisotopic (exact) mass is 498 g/mol. The van der Waals surface area contributed by atoms with Crippen molar-refractivity contribution in [2.45, 2.75) is 42.9 Å². The Hall–Kier alpha value is -2.98. The first-order valence-corrected chi connectivity index (χ1v) is 13.4. The molecule has 2 amide bonds. The van der Waals surface area contributed by atoms with Crippen LogP contribution < -0.4 is 10.9 Å². The van der Waals surface area contributed by atoms with Crippen molar-refractivity contribution in [2.75, 3.05) is 33.2 Å². The molecule has 3 heterocycles. The summed E-state index contributed by atoms with van der Waals surface area (Å²) < 4.78 is 26.8. The van der Waals surface area contributed by atoms with Gasteiger partial charge in [0.15, 0.2) is 9.84 Å². The third kappa shape index (κ3) is 4.18. The third-order valence-corrected chi connectivity index (χ3v) is 10.4. The van der Waals surface area contributed by atoms with Crippen molar-refractivity contribution in [3.8, 4) is 0 Å². The summed E-state index contributed by atoms with van der Waals surface area (Å²) in [5, 5.41) is 2.40. The molecule has 0 radical (unpaired) electrons. The largest absolute Gasteiger partial charge is 0.348 e. The van der Waals surface area contributed by atoms with E-state index in [4.69, 9.17) is 0 Å². The normalized spacial score (nSPS) is 19.7. The Morgan fingerprint density at radius 2 is 1.74 bits per heavy atom. The quantitative estimate of drug-likeness (QED) is 0.605. The van der Waals surface area contributed by atoms with E-state index in [1.807, 2.05) is 43.1 Å². The van der Waals surface area contributed by atoms with Crippen LogP contribution in [0.5, 0.6) is 0 Å². The van der Waals surface area contributed by atoms with Crippen LogP contribution in [-0.4, -0.2) is 77.8 Å². The van der Waals surface area contributed by atoms with Crippen LogP contribution in [0, 0.1) is 6.92 Å². The van der Waals surface area contributed by atoms with Crippen molar-refractivity contribution in [3.63, 3.8) is 0 Å². The van der Waals surface area contributed by atoms with Crippen LogP contribution in [0.15, 0.2) is 41.2 Å². The first-order chi connectivity index (χ1) is 16.6. The molecule has 1 N–H and O–H groups in total. The number of pyridine rings is 1. The second kappa shape index (κ2) is 8.60. The van der Waals surface area contributed by atoms with Gasteiger partial charge in [-0.25, -0.2) is 8.42 Å². The van der Waals surface area contributed by atoms with E-state index in [-0.39, 0.29) is 42.0 Å². The minimum Gasteiger partial charge on any atom is -0.348 e. The number of carbonyl (C=O) groups is 2. The Kier molecular flexibility index (Phi) is 5.83. The number of nitrogens with zero attached hydrogens (tertiary/aromatic N) is 3. The fourth-order valence-electron chi connectivity index (χ4n) is 4.99. The number of rotatable bonds is 7. The molecule has 0 unspecified atom stereocenters. The van der Waals surface area contributed by atoms with Crippen molar-refractivity contribution in [1.82, 2.24) is 19.7 Å². The molecule has 1 aromatic carbocycles. The molecule has 1 saturated heterocycles. The Morgan fingerprint density at radius 1 is 1.06 bits per heavy atom. The van der Waals surface area contributed by atoms with Crippen LogP contribution in [0.25, 0.3) is 0 Å². The maximum atomic E-state index is 13.2. The standard InChI is InChI=1S/C25H30N4O5S/c1-17-3-5-18(6-4-17)13-26-22(30)20-7-8-21-24(32)28(11-12-29(21)23(20)31)16-25(9-10-25)35(33,34)19-14-27(2)15-19/h3-8,19H,9-16H2,1-2H3,(H,26,30). The summed E-state index contributed by atoms with van der Waals surface area (Å²) in [6.45, 7) is 3.95. The van der Waals surface area contributed by atoms with Crippen LogP contribution in [-0.2, 0) is 22.9 Å². The molecular formula is C25H30N4O5S. The summed E-state index contributed by atoms with van der Waals surface area (Å²) in [5.41, 5.74) is 1.70. The predicted molar refractivity (Wildman–Crippen MR) is 131 cm³/mol. The van der Waals surface area contributed by atoms with Crippen LogP contribution in [0.4, 0.5) is 0 Å². The van der Waals surface area contributed by atoms with E-state index >= 15 is 0 Å². The summed E-state index contributed by atoms with van der Waals surface area (Å²) in [6, 6.07) is 10.6. The molecule has 2 fully saturated rings. The average molecular weight is 499 g/mol. The van der Waals surface area contributed by atoms with E-state index < -0.39 is 26.1 Å². The number of sulfone groups is 1. The molecule has 2 aromatic rings. The lowest BCUT2D eigenvalue weighted by atomic mass is 10.1. The molecule has 35 heavy (non-hydrogen) atoms. The highest BCUT2D eigenvalue weighted by Gasteiger charge is 2.59. The Labute approximate surface area is 204 Å². The minimum absolute atomic E-state index is 0.0162. The van der Waals surface area contributed by atoms with Gasteiger partial charge in [-0.2, -0.15) is 0 Å². The summed E-state index contributed by atoms with van der Waals surface area (Å²) in [7, 11) is -1.44. The van der Waals surface area contributed by atoms with E-state index in [0.717, 1.165) is 11.1 Å². The molecule has 5 rings (SSSR count). The molecule has 2 aliphatic heterocycles. The number of benzene rings is 1. The molecule has 1 saturated carbocycles. The molecule has 1 aliphatic carbocycles. The van der Waals surface area contributed by atoms with E-state index in [0.29, 0.717) is 32.5 Å². The van der Waals surface area contributed by atoms with Gasteiger partial charge in [0.2, 0.25) is 0 Å². The first-order valence-electron chi connectivity index (χ1n) is 11.9. The van der Waals surface area contributed by atoms with Gasteiger partial charge in [0.25, 0.3) is 17.4 Å². The molecule has 1 aromatic heterocycles. The van der Waals surface area contributed by atoms with Gasteiger partial charge in [0.1, 0.15) is 11.3 Å². The number of hydrogen-bond donors (Lipinski definition) is 1. The van der Waals surface area contributed by atoms with Gasteiger partial charge in [0, 0.05) is 39.3 Å². The number of likely N-dealkylation sites (tertiary alicyclic amines) is 1. The second-order valence-electron chi connectivity index (χ2n) is 10.1. The van der Waals surface area contributed by atoms with Crippen molar-refractivity contribution < 1.29 is 18.0 Å². The van der Waals surface area contributed by atoms with Gasteiger partial charge in [-0.05, 0) is 44.5 Å². The maximum Gasteiger partial charge on any atom is 0.270 e. The van der Waals surface area contributed by atoms with E-state index in [1.54, 1.807) is 4.90 Å².